The maximum atomic E-state index is 13.7. The average Bonchev–Trinajstić information content (AvgIpc) is 3.07. The predicted molar refractivity (Wildman–Crippen MR) is 89.2 cm³/mol. The highest BCUT2D eigenvalue weighted by Crippen LogP contribution is 2.38. The minimum absolute atomic E-state index is 0.0743. The Bertz CT molecular complexity index is 921. The summed E-state index contributed by atoms with van der Waals surface area (Å²) in [5.74, 6) is 0. The number of rotatable bonds is 4. The molecule has 134 valence electrons. The van der Waals surface area contributed by atoms with Gasteiger partial charge < -0.3 is 0 Å². The van der Waals surface area contributed by atoms with Crippen molar-refractivity contribution in [2.24, 2.45) is 0 Å². The molecular weight excluding hydrogens is 331 g/mol. The van der Waals surface area contributed by atoms with Crippen LogP contribution in [0.3, 0.4) is 0 Å². The van der Waals surface area contributed by atoms with Gasteiger partial charge in [0.25, 0.3) is 0 Å². The zero-order valence-electron chi connectivity index (χ0n) is 14.6. The third-order valence-corrected chi connectivity index (χ3v) is 4.30. The minimum atomic E-state index is -4.48. The number of fused-ring (bicyclic) bond motifs is 1. The SMILES string of the molecule is CCCn1nc(C)c2c(C(F)(F)F)cc(-c3cnn(CC)c3C)nc21. The molecule has 0 spiro atoms. The fourth-order valence-corrected chi connectivity index (χ4v) is 3.10. The molecule has 0 fully saturated rings. The number of hydrogen-bond donors (Lipinski definition) is 0. The van der Waals surface area contributed by atoms with Crippen LogP contribution >= 0.6 is 0 Å². The molecular formula is C17H20F3N5. The summed E-state index contributed by atoms with van der Waals surface area (Å²) >= 11 is 0. The summed E-state index contributed by atoms with van der Waals surface area (Å²) in [7, 11) is 0. The molecule has 0 saturated carbocycles. The quantitative estimate of drug-likeness (QED) is 0.702. The summed E-state index contributed by atoms with van der Waals surface area (Å²) in [6, 6.07) is 1.11. The summed E-state index contributed by atoms with van der Waals surface area (Å²) in [6.45, 7) is 8.47. The Hall–Kier alpha value is -2.38. The van der Waals surface area contributed by atoms with E-state index in [1.807, 2.05) is 20.8 Å². The Labute approximate surface area is 143 Å². The lowest BCUT2D eigenvalue weighted by molar-refractivity contribution is -0.136. The first kappa shape index (κ1) is 17.4. The number of aryl methyl sites for hydroxylation is 3. The van der Waals surface area contributed by atoms with Crippen molar-refractivity contribution in [2.75, 3.05) is 0 Å². The minimum Gasteiger partial charge on any atom is -0.269 e. The van der Waals surface area contributed by atoms with Gasteiger partial charge in [0.2, 0.25) is 0 Å². The summed E-state index contributed by atoms with van der Waals surface area (Å²) < 4.78 is 44.3. The van der Waals surface area contributed by atoms with Gasteiger partial charge in [0.1, 0.15) is 0 Å². The molecule has 5 nitrogen and oxygen atoms in total. The number of hydrogen-bond acceptors (Lipinski definition) is 3. The van der Waals surface area contributed by atoms with Crippen molar-refractivity contribution in [1.82, 2.24) is 24.5 Å². The number of halogens is 3. The summed E-state index contributed by atoms with van der Waals surface area (Å²) in [6.07, 6.45) is -2.15. The molecule has 0 N–H and O–H groups in total. The standard InChI is InChI=1S/C17H20F3N5/c1-5-7-25-16-15(10(3)23-25)13(17(18,19)20)8-14(22-16)12-9-21-24(6-2)11(12)4/h8-9H,5-7H2,1-4H3. The Morgan fingerprint density at radius 1 is 1.12 bits per heavy atom. The fraction of sp³-hybridized carbons (Fsp3) is 0.471. The largest absolute Gasteiger partial charge is 0.417 e. The zero-order chi connectivity index (χ0) is 18.4. The first-order valence-corrected chi connectivity index (χ1v) is 8.26. The summed E-state index contributed by atoms with van der Waals surface area (Å²) in [5.41, 5.74) is 1.59. The van der Waals surface area contributed by atoms with Crippen molar-refractivity contribution < 1.29 is 13.2 Å². The van der Waals surface area contributed by atoms with Crippen molar-refractivity contribution >= 4 is 11.0 Å². The van der Waals surface area contributed by atoms with Gasteiger partial charge in [0.15, 0.2) is 5.65 Å². The highest BCUT2D eigenvalue weighted by molar-refractivity contribution is 5.86. The molecule has 0 bridgehead atoms. The van der Waals surface area contributed by atoms with Crippen molar-refractivity contribution in [3.63, 3.8) is 0 Å². The van der Waals surface area contributed by atoms with E-state index in [-0.39, 0.29) is 16.7 Å². The van der Waals surface area contributed by atoms with Crippen LogP contribution in [0.25, 0.3) is 22.3 Å². The molecule has 0 aromatic carbocycles. The number of pyridine rings is 1. The smallest absolute Gasteiger partial charge is 0.269 e. The van der Waals surface area contributed by atoms with Gasteiger partial charge in [-0.05, 0) is 33.3 Å². The van der Waals surface area contributed by atoms with Crippen LogP contribution in [0.15, 0.2) is 12.3 Å². The van der Waals surface area contributed by atoms with Crippen molar-refractivity contribution in [3.05, 3.63) is 29.2 Å². The molecule has 0 aliphatic carbocycles. The second-order valence-electron chi connectivity index (χ2n) is 6.02. The third kappa shape index (κ3) is 2.89. The lowest BCUT2D eigenvalue weighted by atomic mass is 10.1. The van der Waals surface area contributed by atoms with Gasteiger partial charge in [-0.25, -0.2) is 9.67 Å². The zero-order valence-corrected chi connectivity index (χ0v) is 14.6. The van der Waals surface area contributed by atoms with Crippen LogP contribution in [0.1, 0.15) is 37.2 Å². The van der Waals surface area contributed by atoms with E-state index in [9.17, 15) is 13.2 Å². The van der Waals surface area contributed by atoms with E-state index in [0.29, 0.717) is 24.3 Å². The fourth-order valence-electron chi connectivity index (χ4n) is 3.10. The van der Waals surface area contributed by atoms with Crippen LogP contribution in [-0.2, 0) is 19.3 Å². The van der Waals surface area contributed by atoms with Crippen molar-refractivity contribution in [1.29, 1.82) is 0 Å². The van der Waals surface area contributed by atoms with Crippen molar-refractivity contribution in [2.45, 2.75) is 53.4 Å². The molecule has 3 heterocycles. The van der Waals surface area contributed by atoms with Gasteiger partial charge in [-0.1, -0.05) is 6.92 Å². The Morgan fingerprint density at radius 2 is 1.84 bits per heavy atom. The first-order chi connectivity index (χ1) is 11.8. The van der Waals surface area contributed by atoms with Gasteiger partial charge in [0.05, 0.1) is 28.5 Å². The molecule has 3 aromatic heterocycles. The second kappa shape index (κ2) is 6.16. The highest BCUT2D eigenvalue weighted by atomic mass is 19.4. The van der Waals surface area contributed by atoms with E-state index in [0.717, 1.165) is 18.2 Å². The molecule has 0 saturated heterocycles. The average molecular weight is 351 g/mol. The van der Waals surface area contributed by atoms with Crippen LogP contribution < -0.4 is 0 Å². The Morgan fingerprint density at radius 3 is 2.40 bits per heavy atom. The maximum absolute atomic E-state index is 13.7. The van der Waals surface area contributed by atoms with Gasteiger partial charge >= 0.3 is 6.18 Å². The van der Waals surface area contributed by atoms with Gasteiger partial charge in [-0.3, -0.25) is 4.68 Å². The second-order valence-corrected chi connectivity index (χ2v) is 6.02. The molecule has 25 heavy (non-hydrogen) atoms. The molecule has 0 aliphatic heterocycles. The lowest BCUT2D eigenvalue weighted by Crippen LogP contribution is -2.08. The van der Waals surface area contributed by atoms with E-state index in [1.165, 1.54) is 0 Å². The molecule has 0 radical (unpaired) electrons. The Balaban J connectivity index is 2.34. The van der Waals surface area contributed by atoms with E-state index in [2.05, 4.69) is 15.2 Å². The van der Waals surface area contributed by atoms with Crippen LogP contribution in [0.2, 0.25) is 0 Å². The summed E-state index contributed by atoms with van der Waals surface area (Å²) in [5, 5.41) is 8.56. The van der Waals surface area contributed by atoms with E-state index in [1.54, 1.807) is 22.5 Å². The van der Waals surface area contributed by atoms with Crippen LogP contribution in [-0.4, -0.2) is 24.5 Å². The van der Waals surface area contributed by atoms with E-state index < -0.39 is 11.7 Å². The summed E-state index contributed by atoms with van der Waals surface area (Å²) in [4.78, 5) is 4.51. The lowest BCUT2D eigenvalue weighted by Gasteiger charge is -2.11. The van der Waals surface area contributed by atoms with E-state index in [4.69, 9.17) is 0 Å². The third-order valence-electron chi connectivity index (χ3n) is 4.30. The number of nitrogens with zero attached hydrogens (tertiary/aromatic N) is 5. The highest BCUT2D eigenvalue weighted by Gasteiger charge is 2.36. The maximum Gasteiger partial charge on any atom is 0.417 e. The predicted octanol–water partition coefficient (Wildman–Crippen LogP) is 4.36. The normalized spacial score (nSPS) is 12.3. The monoisotopic (exact) mass is 351 g/mol. The molecule has 0 atom stereocenters. The Kier molecular flexibility index (Phi) is 4.30. The number of alkyl halides is 3. The van der Waals surface area contributed by atoms with Gasteiger partial charge in [-0.2, -0.15) is 23.4 Å². The van der Waals surface area contributed by atoms with Crippen LogP contribution in [0.4, 0.5) is 13.2 Å². The van der Waals surface area contributed by atoms with Crippen LogP contribution in [0.5, 0.6) is 0 Å². The molecule has 8 heteroatoms. The van der Waals surface area contributed by atoms with E-state index >= 15 is 0 Å². The van der Waals surface area contributed by atoms with Crippen LogP contribution in [0, 0.1) is 13.8 Å². The molecule has 3 rings (SSSR count). The molecule has 0 amide bonds. The van der Waals surface area contributed by atoms with Gasteiger partial charge in [0, 0.05) is 24.3 Å². The van der Waals surface area contributed by atoms with Gasteiger partial charge in [-0.15, -0.1) is 0 Å². The number of aromatic nitrogens is 5. The molecule has 0 unspecified atom stereocenters. The topological polar surface area (TPSA) is 48.5 Å². The molecule has 3 aromatic rings. The van der Waals surface area contributed by atoms with Crippen molar-refractivity contribution in [3.8, 4) is 11.3 Å². The first-order valence-electron chi connectivity index (χ1n) is 8.26. The molecule has 0 aliphatic rings.